The number of carbonyl (C=O) groups excluding carboxylic acids is 1. The molecule has 0 atom stereocenters. The van der Waals surface area contributed by atoms with Crippen LogP contribution in [-0.4, -0.2) is 33.9 Å². The molecule has 132 valence electrons. The Labute approximate surface area is 143 Å². The van der Waals surface area contributed by atoms with Gasteiger partial charge in [0.1, 0.15) is 5.56 Å². The average Bonchev–Trinajstić information content (AvgIpc) is 2.99. The third kappa shape index (κ3) is 4.24. The van der Waals surface area contributed by atoms with Crippen molar-refractivity contribution in [2.45, 2.75) is 59.4 Å². The van der Waals surface area contributed by atoms with E-state index < -0.39 is 0 Å². The molecule has 2 heterocycles. The number of pyridine rings is 1. The van der Waals surface area contributed by atoms with Gasteiger partial charge in [0.2, 0.25) is 0 Å². The molecule has 0 spiro atoms. The quantitative estimate of drug-likeness (QED) is 0.526. The number of esters is 1. The molecule has 24 heavy (non-hydrogen) atoms. The predicted octanol–water partition coefficient (Wildman–Crippen LogP) is 4.01. The van der Waals surface area contributed by atoms with Gasteiger partial charge in [0.05, 0.1) is 23.9 Å². The summed E-state index contributed by atoms with van der Waals surface area (Å²) in [6.45, 7) is 8.13. The second-order valence-corrected chi connectivity index (χ2v) is 5.86. The second-order valence-electron chi connectivity index (χ2n) is 5.86. The number of ether oxygens (including phenoxy) is 1. The molecule has 2 aromatic heterocycles. The van der Waals surface area contributed by atoms with Crippen LogP contribution in [0, 0.1) is 0 Å². The van der Waals surface area contributed by atoms with Gasteiger partial charge in [-0.1, -0.05) is 33.1 Å². The minimum absolute atomic E-state index is 0.343. The molecule has 2 aromatic rings. The highest BCUT2D eigenvalue weighted by Gasteiger charge is 2.18. The Hall–Kier alpha value is -2.11. The van der Waals surface area contributed by atoms with E-state index >= 15 is 0 Å². The van der Waals surface area contributed by atoms with Gasteiger partial charge in [0.25, 0.3) is 0 Å². The van der Waals surface area contributed by atoms with Gasteiger partial charge < -0.3 is 10.1 Å². The fraction of sp³-hybridized carbons (Fsp3) is 0.611. The zero-order valence-corrected chi connectivity index (χ0v) is 15.0. The van der Waals surface area contributed by atoms with E-state index in [0.29, 0.717) is 12.2 Å². The van der Waals surface area contributed by atoms with E-state index in [4.69, 9.17) is 4.74 Å². The molecular formula is C18H28N4O2. The number of aryl methyl sites for hydroxylation is 1. The molecule has 6 nitrogen and oxygen atoms in total. The highest BCUT2D eigenvalue weighted by Crippen LogP contribution is 2.27. The first kappa shape index (κ1) is 18.2. The number of fused-ring (bicyclic) bond motifs is 1. The molecule has 0 bridgehead atoms. The van der Waals surface area contributed by atoms with Gasteiger partial charge in [-0.2, -0.15) is 5.10 Å². The number of nitrogens with zero attached hydrogens (tertiary/aromatic N) is 3. The van der Waals surface area contributed by atoms with Crippen molar-refractivity contribution in [3.05, 3.63) is 18.0 Å². The summed E-state index contributed by atoms with van der Waals surface area (Å²) in [5.41, 5.74) is 2.08. The molecule has 6 heteroatoms. The van der Waals surface area contributed by atoms with Gasteiger partial charge in [-0.05, 0) is 19.8 Å². The summed E-state index contributed by atoms with van der Waals surface area (Å²) in [7, 11) is 0. The van der Waals surface area contributed by atoms with E-state index in [2.05, 4.69) is 29.2 Å². The third-order valence-electron chi connectivity index (χ3n) is 3.97. The summed E-state index contributed by atoms with van der Waals surface area (Å²) in [5, 5.41) is 8.73. The van der Waals surface area contributed by atoms with Crippen LogP contribution in [0.25, 0.3) is 11.0 Å². The number of hydrogen-bond donors (Lipinski definition) is 1. The Bertz CT molecular complexity index is 666. The first-order valence-electron chi connectivity index (χ1n) is 8.98. The summed E-state index contributed by atoms with van der Waals surface area (Å²) >= 11 is 0. The highest BCUT2D eigenvalue weighted by molar-refractivity contribution is 6.04. The molecule has 0 aliphatic carbocycles. The second kappa shape index (κ2) is 9.25. The van der Waals surface area contributed by atoms with Crippen molar-refractivity contribution in [1.82, 2.24) is 14.8 Å². The number of carbonyl (C=O) groups is 1. The lowest BCUT2D eigenvalue weighted by Gasteiger charge is -2.12. The number of rotatable bonds is 10. The van der Waals surface area contributed by atoms with Crippen molar-refractivity contribution in [1.29, 1.82) is 0 Å². The molecule has 2 rings (SSSR count). The standard InChI is InChI=1S/C18H28N4O2/c1-4-7-9-11-22-17-14(13-21-22)16(19-10-8-5-2)15(12-20-17)18(23)24-6-3/h12-13H,4-11H2,1-3H3,(H,19,20). The minimum atomic E-state index is -0.343. The Morgan fingerprint density at radius 2 is 1.96 bits per heavy atom. The molecule has 0 fully saturated rings. The van der Waals surface area contributed by atoms with Crippen LogP contribution < -0.4 is 5.32 Å². The van der Waals surface area contributed by atoms with Crippen LogP contribution in [-0.2, 0) is 11.3 Å². The maximum atomic E-state index is 12.2. The number of aromatic nitrogens is 3. The summed E-state index contributed by atoms with van der Waals surface area (Å²) in [6, 6.07) is 0. The number of nitrogens with one attached hydrogen (secondary N) is 1. The fourth-order valence-corrected chi connectivity index (χ4v) is 2.65. The van der Waals surface area contributed by atoms with Crippen LogP contribution in [0.4, 0.5) is 5.69 Å². The summed E-state index contributed by atoms with van der Waals surface area (Å²) in [5.74, 6) is -0.343. The lowest BCUT2D eigenvalue weighted by molar-refractivity contribution is 0.0527. The highest BCUT2D eigenvalue weighted by atomic mass is 16.5. The Balaban J connectivity index is 2.35. The first-order valence-corrected chi connectivity index (χ1v) is 8.98. The molecule has 0 saturated heterocycles. The monoisotopic (exact) mass is 332 g/mol. The van der Waals surface area contributed by atoms with Crippen molar-refractivity contribution in [2.24, 2.45) is 0 Å². The van der Waals surface area contributed by atoms with Gasteiger partial charge >= 0.3 is 5.97 Å². The Kier molecular flexibility index (Phi) is 7.03. The smallest absolute Gasteiger partial charge is 0.341 e. The zero-order chi connectivity index (χ0) is 17.4. The van der Waals surface area contributed by atoms with Crippen molar-refractivity contribution >= 4 is 22.7 Å². The van der Waals surface area contributed by atoms with Gasteiger partial charge in [-0.3, -0.25) is 0 Å². The molecule has 0 aromatic carbocycles. The van der Waals surface area contributed by atoms with Crippen molar-refractivity contribution in [3.8, 4) is 0 Å². The lowest BCUT2D eigenvalue weighted by atomic mass is 10.1. The molecule has 0 aliphatic heterocycles. The van der Waals surface area contributed by atoms with Crippen molar-refractivity contribution in [2.75, 3.05) is 18.5 Å². The number of hydrogen-bond acceptors (Lipinski definition) is 5. The van der Waals surface area contributed by atoms with Crippen LogP contribution in [0.1, 0.15) is 63.2 Å². The van der Waals surface area contributed by atoms with E-state index in [1.165, 1.54) is 12.8 Å². The first-order chi connectivity index (χ1) is 11.7. The van der Waals surface area contributed by atoms with Crippen LogP contribution >= 0.6 is 0 Å². The van der Waals surface area contributed by atoms with Crippen LogP contribution in [0.15, 0.2) is 12.4 Å². The normalized spacial score (nSPS) is 11.0. The summed E-state index contributed by atoms with van der Waals surface area (Å²) in [4.78, 5) is 16.7. The van der Waals surface area contributed by atoms with E-state index in [9.17, 15) is 4.79 Å². The largest absolute Gasteiger partial charge is 0.462 e. The topological polar surface area (TPSA) is 69.0 Å². The van der Waals surface area contributed by atoms with Gasteiger partial charge in [0, 0.05) is 19.3 Å². The van der Waals surface area contributed by atoms with Crippen molar-refractivity contribution < 1.29 is 9.53 Å². The minimum Gasteiger partial charge on any atom is -0.462 e. The van der Waals surface area contributed by atoms with Crippen LogP contribution in [0.2, 0.25) is 0 Å². The SMILES string of the molecule is CCCCCn1ncc2c(NCCCC)c(C(=O)OCC)cnc21. The predicted molar refractivity (Wildman–Crippen MR) is 96.4 cm³/mol. The third-order valence-corrected chi connectivity index (χ3v) is 3.97. The lowest BCUT2D eigenvalue weighted by Crippen LogP contribution is -2.12. The molecule has 0 saturated carbocycles. The van der Waals surface area contributed by atoms with Crippen LogP contribution in [0.5, 0.6) is 0 Å². The van der Waals surface area contributed by atoms with E-state index in [1.54, 1.807) is 19.3 Å². The van der Waals surface area contributed by atoms with E-state index in [-0.39, 0.29) is 5.97 Å². The molecule has 0 aliphatic rings. The van der Waals surface area contributed by atoms with Gasteiger partial charge in [-0.15, -0.1) is 0 Å². The summed E-state index contributed by atoms with van der Waals surface area (Å²) < 4.78 is 7.09. The molecule has 0 radical (unpaired) electrons. The molecular weight excluding hydrogens is 304 g/mol. The summed E-state index contributed by atoms with van der Waals surface area (Å²) in [6.07, 6.45) is 8.95. The molecule has 0 amide bonds. The van der Waals surface area contributed by atoms with Crippen LogP contribution in [0.3, 0.4) is 0 Å². The molecule has 1 N–H and O–H groups in total. The van der Waals surface area contributed by atoms with E-state index in [1.807, 2.05) is 4.68 Å². The maximum absolute atomic E-state index is 12.2. The number of unbranched alkanes of at least 4 members (excludes halogenated alkanes) is 3. The Morgan fingerprint density at radius 1 is 1.17 bits per heavy atom. The Morgan fingerprint density at radius 3 is 2.67 bits per heavy atom. The fourth-order valence-electron chi connectivity index (χ4n) is 2.65. The van der Waals surface area contributed by atoms with Gasteiger partial charge in [-0.25, -0.2) is 14.5 Å². The van der Waals surface area contributed by atoms with Gasteiger partial charge in [0.15, 0.2) is 5.65 Å². The molecule has 0 unspecified atom stereocenters. The maximum Gasteiger partial charge on any atom is 0.341 e. The van der Waals surface area contributed by atoms with E-state index in [0.717, 1.165) is 49.1 Å². The van der Waals surface area contributed by atoms with Crippen molar-refractivity contribution in [3.63, 3.8) is 0 Å². The number of anilines is 1. The average molecular weight is 332 g/mol. The zero-order valence-electron chi connectivity index (χ0n) is 15.0.